The van der Waals surface area contributed by atoms with Crippen LogP contribution in [0.4, 0.5) is 5.69 Å². The van der Waals surface area contributed by atoms with Gasteiger partial charge in [0.2, 0.25) is 0 Å². The molecule has 0 spiro atoms. The number of para-hydroxylation sites is 1. The van der Waals surface area contributed by atoms with Crippen molar-refractivity contribution >= 4 is 5.69 Å². The molecular weight excluding hydrogens is 232 g/mol. The maximum Gasteiger partial charge on any atom is 0.0404 e. The van der Waals surface area contributed by atoms with E-state index >= 15 is 0 Å². The molecule has 2 heterocycles. The molecular formula is C17H26N2. The maximum absolute atomic E-state index is 2.69. The first-order chi connectivity index (χ1) is 9.16. The number of piperazine rings is 1. The van der Waals surface area contributed by atoms with Gasteiger partial charge < -0.3 is 4.90 Å². The van der Waals surface area contributed by atoms with Gasteiger partial charge in [0.25, 0.3) is 0 Å². The number of rotatable bonds is 2. The van der Waals surface area contributed by atoms with Gasteiger partial charge in [0.15, 0.2) is 0 Å². The maximum atomic E-state index is 2.69. The number of anilines is 1. The Bertz CT molecular complexity index is 441. The molecule has 1 aromatic rings. The lowest BCUT2D eigenvalue weighted by Gasteiger charge is -2.44. The predicted octanol–water partition coefficient (Wildman–Crippen LogP) is 3.48. The number of fused-ring (bicyclic) bond motifs is 1. The normalized spacial score (nSPS) is 27.9. The summed E-state index contributed by atoms with van der Waals surface area (Å²) in [5.41, 5.74) is 2.97. The van der Waals surface area contributed by atoms with E-state index in [9.17, 15) is 0 Å². The van der Waals surface area contributed by atoms with Crippen LogP contribution in [0.3, 0.4) is 0 Å². The van der Waals surface area contributed by atoms with Crippen molar-refractivity contribution in [3.05, 3.63) is 29.8 Å². The highest BCUT2D eigenvalue weighted by Gasteiger charge is 2.35. The zero-order chi connectivity index (χ0) is 13.4. The van der Waals surface area contributed by atoms with E-state index in [1.165, 1.54) is 43.7 Å². The Kier molecular flexibility index (Phi) is 3.53. The van der Waals surface area contributed by atoms with Crippen LogP contribution in [0.5, 0.6) is 0 Å². The number of hydrogen-bond donors (Lipinski definition) is 0. The van der Waals surface area contributed by atoms with E-state index in [1.54, 1.807) is 0 Å². The first kappa shape index (κ1) is 13.0. The third-order valence-electron chi connectivity index (χ3n) is 4.81. The lowest BCUT2D eigenvalue weighted by atomic mass is 9.98. The second-order valence-electron chi connectivity index (χ2n) is 6.51. The van der Waals surface area contributed by atoms with Gasteiger partial charge in [-0.3, -0.25) is 4.90 Å². The largest absolute Gasteiger partial charge is 0.366 e. The first-order valence-electron chi connectivity index (χ1n) is 7.76. The smallest absolute Gasteiger partial charge is 0.0404 e. The fourth-order valence-corrected chi connectivity index (χ4v) is 3.76. The molecule has 0 amide bonds. The number of nitrogens with zero attached hydrogens (tertiary/aromatic N) is 2. The third kappa shape index (κ3) is 2.38. The minimum absolute atomic E-state index is 0.602. The number of benzene rings is 1. The van der Waals surface area contributed by atoms with E-state index in [4.69, 9.17) is 0 Å². The molecule has 2 aliphatic rings. The van der Waals surface area contributed by atoms with Crippen LogP contribution in [-0.2, 0) is 0 Å². The molecule has 0 aliphatic carbocycles. The van der Waals surface area contributed by atoms with Crippen molar-refractivity contribution in [2.45, 2.75) is 51.6 Å². The Morgan fingerprint density at radius 3 is 2.74 bits per heavy atom. The summed E-state index contributed by atoms with van der Waals surface area (Å²) >= 11 is 0. The Balaban J connectivity index is 1.89. The van der Waals surface area contributed by atoms with Crippen molar-refractivity contribution in [3.8, 4) is 0 Å². The summed E-state index contributed by atoms with van der Waals surface area (Å²) in [5.74, 6) is 0.602. The SMILES string of the molecule is CC(C)c1ccccc1N1CC2CCCN2CC1C. The fraction of sp³-hybridized carbons (Fsp3) is 0.647. The van der Waals surface area contributed by atoms with Crippen LogP contribution >= 0.6 is 0 Å². The summed E-state index contributed by atoms with van der Waals surface area (Å²) in [6, 6.07) is 10.4. The van der Waals surface area contributed by atoms with E-state index < -0.39 is 0 Å². The van der Waals surface area contributed by atoms with Crippen LogP contribution in [0, 0.1) is 0 Å². The fourth-order valence-electron chi connectivity index (χ4n) is 3.76. The van der Waals surface area contributed by atoms with Crippen molar-refractivity contribution in [2.75, 3.05) is 24.5 Å². The van der Waals surface area contributed by atoms with Gasteiger partial charge in [0.1, 0.15) is 0 Å². The van der Waals surface area contributed by atoms with Crippen LogP contribution in [0.25, 0.3) is 0 Å². The third-order valence-corrected chi connectivity index (χ3v) is 4.81. The summed E-state index contributed by atoms with van der Waals surface area (Å²) in [5, 5.41) is 0. The molecule has 2 unspecified atom stereocenters. The summed E-state index contributed by atoms with van der Waals surface area (Å²) in [6.07, 6.45) is 2.77. The van der Waals surface area contributed by atoms with Gasteiger partial charge in [-0.05, 0) is 43.9 Å². The standard InChI is InChI=1S/C17H26N2/c1-13(2)16-8-4-5-9-17(16)19-12-15-7-6-10-18(15)11-14(19)3/h4-5,8-9,13-15H,6-7,10-12H2,1-3H3. The molecule has 0 radical (unpaired) electrons. The van der Waals surface area contributed by atoms with Crippen molar-refractivity contribution in [1.82, 2.24) is 4.90 Å². The van der Waals surface area contributed by atoms with Crippen molar-refractivity contribution in [1.29, 1.82) is 0 Å². The lowest BCUT2D eigenvalue weighted by Crippen LogP contribution is -2.55. The molecule has 0 saturated carbocycles. The predicted molar refractivity (Wildman–Crippen MR) is 81.9 cm³/mol. The summed E-state index contributed by atoms with van der Waals surface area (Å²) in [7, 11) is 0. The Morgan fingerprint density at radius 1 is 1.16 bits per heavy atom. The molecule has 2 heteroatoms. The number of hydrogen-bond acceptors (Lipinski definition) is 2. The minimum Gasteiger partial charge on any atom is -0.366 e. The van der Waals surface area contributed by atoms with E-state index in [0.29, 0.717) is 12.0 Å². The van der Waals surface area contributed by atoms with Gasteiger partial charge in [-0.25, -0.2) is 0 Å². The summed E-state index contributed by atoms with van der Waals surface area (Å²) in [6.45, 7) is 10.7. The highest BCUT2D eigenvalue weighted by atomic mass is 15.3. The molecule has 19 heavy (non-hydrogen) atoms. The van der Waals surface area contributed by atoms with E-state index in [0.717, 1.165) is 6.04 Å². The van der Waals surface area contributed by atoms with Gasteiger partial charge in [-0.1, -0.05) is 32.0 Å². The van der Waals surface area contributed by atoms with Gasteiger partial charge in [-0.2, -0.15) is 0 Å². The molecule has 2 saturated heterocycles. The summed E-state index contributed by atoms with van der Waals surface area (Å²) in [4.78, 5) is 5.35. The molecule has 104 valence electrons. The Hall–Kier alpha value is -1.02. The second kappa shape index (κ2) is 5.16. The average molecular weight is 258 g/mol. The Labute approximate surface area is 117 Å². The lowest BCUT2D eigenvalue weighted by molar-refractivity contribution is 0.202. The van der Waals surface area contributed by atoms with Gasteiger partial charge >= 0.3 is 0 Å². The minimum atomic E-state index is 0.602. The molecule has 0 N–H and O–H groups in total. The molecule has 1 aromatic carbocycles. The molecule has 2 aliphatic heterocycles. The van der Waals surface area contributed by atoms with Crippen molar-refractivity contribution < 1.29 is 0 Å². The zero-order valence-electron chi connectivity index (χ0n) is 12.5. The highest BCUT2D eigenvalue weighted by molar-refractivity contribution is 5.56. The van der Waals surface area contributed by atoms with Crippen LogP contribution in [-0.4, -0.2) is 36.6 Å². The highest BCUT2D eigenvalue weighted by Crippen LogP contribution is 2.33. The van der Waals surface area contributed by atoms with Crippen LogP contribution in [0.1, 0.15) is 45.1 Å². The molecule has 2 atom stereocenters. The monoisotopic (exact) mass is 258 g/mol. The van der Waals surface area contributed by atoms with Crippen LogP contribution in [0.2, 0.25) is 0 Å². The second-order valence-corrected chi connectivity index (χ2v) is 6.51. The molecule has 2 fully saturated rings. The molecule has 3 rings (SSSR count). The van der Waals surface area contributed by atoms with E-state index in [2.05, 4.69) is 54.8 Å². The molecule has 0 bridgehead atoms. The zero-order valence-corrected chi connectivity index (χ0v) is 12.5. The van der Waals surface area contributed by atoms with Gasteiger partial charge in [0, 0.05) is 30.9 Å². The first-order valence-corrected chi connectivity index (χ1v) is 7.76. The topological polar surface area (TPSA) is 6.48 Å². The van der Waals surface area contributed by atoms with E-state index in [1.807, 2.05) is 0 Å². The summed E-state index contributed by atoms with van der Waals surface area (Å²) < 4.78 is 0. The average Bonchev–Trinajstić information content (AvgIpc) is 2.84. The quantitative estimate of drug-likeness (QED) is 0.801. The molecule has 0 aromatic heterocycles. The van der Waals surface area contributed by atoms with Crippen LogP contribution in [0.15, 0.2) is 24.3 Å². The molecule has 2 nitrogen and oxygen atoms in total. The van der Waals surface area contributed by atoms with E-state index in [-0.39, 0.29) is 0 Å². The van der Waals surface area contributed by atoms with Gasteiger partial charge in [-0.15, -0.1) is 0 Å². The van der Waals surface area contributed by atoms with Crippen molar-refractivity contribution in [2.24, 2.45) is 0 Å². The van der Waals surface area contributed by atoms with Crippen molar-refractivity contribution in [3.63, 3.8) is 0 Å². The van der Waals surface area contributed by atoms with Crippen LogP contribution < -0.4 is 4.90 Å². The van der Waals surface area contributed by atoms with Gasteiger partial charge in [0.05, 0.1) is 0 Å². The Morgan fingerprint density at radius 2 is 1.95 bits per heavy atom.